The van der Waals surface area contributed by atoms with Gasteiger partial charge >= 0.3 is 0 Å². The minimum atomic E-state index is -0.454. The van der Waals surface area contributed by atoms with Gasteiger partial charge in [0.1, 0.15) is 5.82 Å². The van der Waals surface area contributed by atoms with E-state index >= 15 is 0 Å². The van der Waals surface area contributed by atoms with Crippen molar-refractivity contribution in [2.45, 2.75) is 37.5 Å². The van der Waals surface area contributed by atoms with Gasteiger partial charge in [-0.3, -0.25) is 0 Å². The lowest BCUT2D eigenvalue weighted by Gasteiger charge is -2.26. The van der Waals surface area contributed by atoms with E-state index in [1.165, 1.54) is 18.9 Å². The summed E-state index contributed by atoms with van der Waals surface area (Å²) < 4.78 is 13.1. The predicted molar refractivity (Wildman–Crippen MR) is 66.2 cm³/mol. The fourth-order valence-corrected chi connectivity index (χ4v) is 3.43. The molecule has 2 unspecified atom stereocenters. The molecule has 0 spiro atoms. The van der Waals surface area contributed by atoms with E-state index in [2.05, 4.69) is 0 Å². The Kier molecular flexibility index (Phi) is 3.87. The van der Waals surface area contributed by atoms with Gasteiger partial charge in [0.15, 0.2) is 0 Å². The van der Waals surface area contributed by atoms with Crippen LogP contribution in [-0.2, 0) is 0 Å². The number of aliphatic hydroxyl groups excluding tert-OH is 1. The Labute approximate surface area is 100 Å². The fraction of sp³-hybridized carbons (Fsp3) is 0.538. The first-order valence-electron chi connectivity index (χ1n) is 5.74. The molecule has 0 saturated carbocycles. The first-order valence-corrected chi connectivity index (χ1v) is 6.79. The SMILES string of the molecule is Cc1cc(C(O)C2CCCCS2)ccc1F. The number of hydrogen-bond donors (Lipinski definition) is 1. The molecule has 2 atom stereocenters. The van der Waals surface area contributed by atoms with Crippen LogP contribution in [-0.4, -0.2) is 16.1 Å². The van der Waals surface area contributed by atoms with Crippen molar-refractivity contribution in [3.8, 4) is 0 Å². The number of thioether (sulfide) groups is 1. The minimum absolute atomic E-state index is 0.202. The molecule has 1 fully saturated rings. The monoisotopic (exact) mass is 240 g/mol. The lowest BCUT2D eigenvalue weighted by molar-refractivity contribution is 0.168. The second-order valence-electron chi connectivity index (χ2n) is 4.36. The first-order chi connectivity index (χ1) is 7.68. The Balaban J connectivity index is 2.12. The summed E-state index contributed by atoms with van der Waals surface area (Å²) in [7, 11) is 0. The number of halogens is 1. The van der Waals surface area contributed by atoms with E-state index in [-0.39, 0.29) is 11.1 Å². The van der Waals surface area contributed by atoms with Crippen LogP contribution in [0.15, 0.2) is 18.2 Å². The van der Waals surface area contributed by atoms with E-state index in [1.54, 1.807) is 19.1 Å². The fourth-order valence-electron chi connectivity index (χ4n) is 2.08. The highest BCUT2D eigenvalue weighted by Crippen LogP contribution is 2.34. The molecule has 1 aliphatic heterocycles. The summed E-state index contributed by atoms with van der Waals surface area (Å²) in [5.74, 6) is 0.925. The highest BCUT2D eigenvalue weighted by Gasteiger charge is 2.23. The summed E-state index contributed by atoms with van der Waals surface area (Å²) in [5, 5.41) is 10.5. The lowest BCUT2D eigenvalue weighted by atomic mass is 10.0. The summed E-state index contributed by atoms with van der Waals surface area (Å²) in [6, 6.07) is 4.90. The molecule has 1 nitrogen and oxygen atoms in total. The Morgan fingerprint density at radius 2 is 2.25 bits per heavy atom. The van der Waals surface area contributed by atoms with Crippen molar-refractivity contribution in [3.63, 3.8) is 0 Å². The Bertz CT molecular complexity index is 361. The van der Waals surface area contributed by atoms with Crippen molar-refractivity contribution < 1.29 is 9.50 Å². The third-order valence-corrected chi connectivity index (χ3v) is 4.54. The smallest absolute Gasteiger partial charge is 0.126 e. The summed E-state index contributed by atoms with van der Waals surface area (Å²) in [6.45, 7) is 1.74. The van der Waals surface area contributed by atoms with Crippen molar-refractivity contribution in [2.24, 2.45) is 0 Å². The van der Waals surface area contributed by atoms with Crippen molar-refractivity contribution in [3.05, 3.63) is 35.1 Å². The molecule has 2 rings (SSSR count). The molecule has 1 aromatic rings. The molecule has 1 aliphatic rings. The summed E-state index contributed by atoms with van der Waals surface area (Å²) >= 11 is 1.83. The zero-order valence-corrected chi connectivity index (χ0v) is 10.3. The van der Waals surface area contributed by atoms with Crippen LogP contribution in [0.1, 0.15) is 36.5 Å². The molecule has 0 amide bonds. The maximum atomic E-state index is 13.1. The van der Waals surface area contributed by atoms with Gasteiger partial charge in [-0.1, -0.05) is 18.6 Å². The zero-order chi connectivity index (χ0) is 11.5. The average molecular weight is 240 g/mol. The zero-order valence-electron chi connectivity index (χ0n) is 9.45. The number of aryl methyl sites for hydroxylation is 1. The van der Waals surface area contributed by atoms with Crippen LogP contribution in [0.3, 0.4) is 0 Å². The maximum absolute atomic E-state index is 13.1. The van der Waals surface area contributed by atoms with Crippen molar-refractivity contribution in [2.75, 3.05) is 5.75 Å². The molecule has 16 heavy (non-hydrogen) atoms. The Morgan fingerprint density at radius 3 is 2.88 bits per heavy atom. The van der Waals surface area contributed by atoms with E-state index in [1.807, 2.05) is 11.8 Å². The Morgan fingerprint density at radius 1 is 1.44 bits per heavy atom. The van der Waals surface area contributed by atoms with Gasteiger partial charge in [0.05, 0.1) is 6.10 Å². The van der Waals surface area contributed by atoms with E-state index in [4.69, 9.17) is 0 Å². The first kappa shape index (κ1) is 11.9. The van der Waals surface area contributed by atoms with Gasteiger partial charge < -0.3 is 5.11 Å². The molecule has 0 bridgehead atoms. The quantitative estimate of drug-likeness (QED) is 0.854. The van der Waals surface area contributed by atoms with Crippen LogP contribution in [0, 0.1) is 12.7 Å². The van der Waals surface area contributed by atoms with Gasteiger partial charge in [0, 0.05) is 5.25 Å². The van der Waals surface area contributed by atoms with Crippen LogP contribution in [0.25, 0.3) is 0 Å². The van der Waals surface area contributed by atoms with Crippen molar-refractivity contribution in [1.82, 2.24) is 0 Å². The normalized spacial score (nSPS) is 23.1. The molecule has 1 N–H and O–H groups in total. The van der Waals surface area contributed by atoms with Crippen LogP contribution >= 0.6 is 11.8 Å². The minimum Gasteiger partial charge on any atom is -0.387 e. The molecular formula is C13H17FOS. The van der Waals surface area contributed by atoms with Crippen molar-refractivity contribution in [1.29, 1.82) is 0 Å². The van der Waals surface area contributed by atoms with Crippen molar-refractivity contribution >= 4 is 11.8 Å². The topological polar surface area (TPSA) is 20.2 Å². The molecule has 1 heterocycles. The Hall–Kier alpha value is -0.540. The molecule has 3 heteroatoms. The molecule has 1 aromatic carbocycles. The summed E-state index contributed by atoms with van der Waals surface area (Å²) in [5.41, 5.74) is 1.45. The average Bonchev–Trinajstić information content (AvgIpc) is 2.33. The van der Waals surface area contributed by atoms with Gasteiger partial charge in [-0.15, -0.1) is 0 Å². The van der Waals surface area contributed by atoms with Gasteiger partial charge in [-0.05, 0) is 42.7 Å². The van der Waals surface area contributed by atoms with Gasteiger partial charge in [0.2, 0.25) is 0 Å². The number of aliphatic hydroxyl groups is 1. The van der Waals surface area contributed by atoms with Crippen LogP contribution in [0.2, 0.25) is 0 Å². The molecule has 0 aliphatic carbocycles. The molecule has 0 radical (unpaired) electrons. The summed E-state index contributed by atoms with van der Waals surface area (Å²) in [4.78, 5) is 0. The van der Waals surface area contributed by atoms with Crippen LogP contribution in [0.4, 0.5) is 4.39 Å². The molecule has 1 saturated heterocycles. The van der Waals surface area contributed by atoms with Gasteiger partial charge in [0.25, 0.3) is 0 Å². The molecule has 0 aromatic heterocycles. The highest BCUT2D eigenvalue weighted by molar-refractivity contribution is 7.99. The van der Waals surface area contributed by atoms with E-state index < -0.39 is 6.10 Å². The highest BCUT2D eigenvalue weighted by atomic mass is 32.2. The van der Waals surface area contributed by atoms with E-state index in [9.17, 15) is 9.50 Å². The largest absolute Gasteiger partial charge is 0.387 e. The third kappa shape index (κ3) is 2.58. The maximum Gasteiger partial charge on any atom is 0.126 e. The number of hydrogen-bond acceptors (Lipinski definition) is 2. The van der Waals surface area contributed by atoms with E-state index in [0.29, 0.717) is 5.56 Å². The number of benzene rings is 1. The molecular weight excluding hydrogens is 223 g/mol. The van der Waals surface area contributed by atoms with Gasteiger partial charge in [-0.25, -0.2) is 4.39 Å². The summed E-state index contributed by atoms with van der Waals surface area (Å²) in [6.07, 6.45) is 3.04. The second-order valence-corrected chi connectivity index (χ2v) is 5.71. The van der Waals surface area contributed by atoms with Crippen LogP contribution < -0.4 is 0 Å². The number of rotatable bonds is 2. The second kappa shape index (κ2) is 5.19. The molecule has 88 valence electrons. The third-order valence-electron chi connectivity index (χ3n) is 3.09. The van der Waals surface area contributed by atoms with E-state index in [0.717, 1.165) is 17.7 Å². The predicted octanol–water partition coefficient (Wildman–Crippen LogP) is 3.45. The standard InChI is InChI=1S/C13H17FOS/c1-9-8-10(5-6-11(9)14)13(15)12-4-2-3-7-16-12/h5-6,8,12-13,15H,2-4,7H2,1H3. The lowest BCUT2D eigenvalue weighted by Crippen LogP contribution is -2.19. The van der Waals surface area contributed by atoms with Crippen LogP contribution in [0.5, 0.6) is 0 Å². The van der Waals surface area contributed by atoms with Gasteiger partial charge in [-0.2, -0.15) is 11.8 Å².